The van der Waals surface area contributed by atoms with Gasteiger partial charge in [0.2, 0.25) is 5.58 Å². The van der Waals surface area contributed by atoms with Gasteiger partial charge in [-0.3, -0.25) is 19.2 Å². The number of fused-ring (bicyclic) bond motifs is 3. The molecule has 39 heavy (non-hydrogen) atoms. The van der Waals surface area contributed by atoms with Crippen LogP contribution in [0.2, 0.25) is 0 Å². The molecule has 8 heteroatoms. The number of aryl methyl sites for hydroxylation is 1. The second-order valence-corrected chi connectivity index (χ2v) is 10.0. The van der Waals surface area contributed by atoms with Crippen LogP contribution in [0, 0.1) is 12.8 Å². The second kappa shape index (κ2) is 11.2. The molecule has 0 aliphatic heterocycles. The van der Waals surface area contributed by atoms with Gasteiger partial charge in [0.05, 0.1) is 6.54 Å². The Morgan fingerprint density at radius 1 is 1.03 bits per heavy atom. The number of hydrogen-bond donors (Lipinski definition) is 2. The van der Waals surface area contributed by atoms with Crippen LogP contribution in [0.4, 0.5) is 0 Å². The van der Waals surface area contributed by atoms with E-state index in [-0.39, 0.29) is 29.5 Å². The number of carbonyl (C=O) groups is 1. The molecule has 3 aromatic carbocycles. The highest BCUT2D eigenvalue weighted by Crippen LogP contribution is 2.31. The van der Waals surface area contributed by atoms with Crippen LogP contribution in [-0.2, 0) is 6.54 Å². The average molecular weight is 524 g/mol. The number of benzene rings is 3. The first-order valence-electron chi connectivity index (χ1n) is 13.2. The zero-order chi connectivity index (χ0) is 27.5. The minimum absolute atomic E-state index is 0.103. The maximum Gasteiger partial charge on any atom is 0.297 e. The quantitative estimate of drug-likeness (QED) is 0.269. The Bertz CT molecular complexity index is 1660. The van der Waals surface area contributed by atoms with Crippen LogP contribution < -0.4 is 16.7 Å². The molecule has 1 unspecified atom stereocenters. The molecule has 2 aromatic heterocycles. The molecule has 0 saturated heterocycles. The molecule has 0 aliphatic rings. The van der Waals surface area contributed by atoms with Crippen molar-refractivity contribution in [3.63, 3.8) is 0 Å². The van der Waals surface area contributed by atoms with Crippen LogP contribution in [0.15, 0.2) is 88.1 Å². The molecule has 8 nitrogen and oxygen atoms in total. The third-order valence-corrected chi connectivity index (χ3v) is 6.81. The normalized spacial score (nSPS) is 12.3. The lowest BCUT2D eigenvalue weighted by Gasteiger charge is -2.35. The molecular weight excluding hydrogens is 490 g/mol. The number of hydrogen-bond acceptors (Lipinski definition) is 6. The van der Waals surface area contributed by atoms with Crippen molar-refractivity contribution in [2.24, 2.45) is 11.7 Å². The fraction of sp³-hybridized carbons (Fsp3) is 0.258. The van der Waals surface area contributed by atoms with E-state index in [0.717, 1.165) is 16.5 Å². The van der Waals surface area contributed by atoms with E-state index in [0.29, 0.717) is 35.6 Å². The smallest absolute Gasteiger partial charge is 0.297 e. The first kappa shape index (κ1) is 26.3. The highest BCUT2D eigenvalue weighted by Gasteiger charge is 2.34. The molecule has 5 aromatic rings. The van der Waals surface area contributed by atoms with Gasteiger partial charge in [-0.15, -0.1) is 0 Å². The predicted molar refractivity (Wildman–Crippen MR) is 153 cm³/mol. The number of hydrazine groups is 1. The molecular formula is C31H33N5O3. The van der Waals surface area contributed by atoms with Gasteiger partial charge in [0.15, 0.2) is 0 Å². The summed E-state index contributed by atoms with van der Waals surface area (Å²) >= 11 is 0. The Labute approximate surface area is 227 Å². The summed E-state index contributed by atoms with van der Waals surface area (Å²) in [6, 6.07) is 24.1. The number of aromatic nitrogens is 2. The number of amides is 1. The van der Waals surface area contributed by atoms with Crippen molar-refractivity contribution in [1.82, 2.24) is 20.0 Å². The number of carbonyl (C=O) groups excluding carboxylic acids is 1. The molecule has 0 bridgehead atoms. The molecule has 5 rings (SSSR count). The van der Waals surface area contributed by atoms with Crippen molar-refractivity contribution < 1.29 is 9.21 Å². The minimum Gasteiger partial charge on any atom is -0.448 e. The molecule has 2 heterocycles. The lowest BCUT2D eigenvalue weighted by Crippen LogP contribution is -2.50. The SMILES string of the molecule is Cc1ccc(C(=O)N(NCCN)C(c2nc3c(oc4ccccc43)c(=O)n2Cc2ccccc2)C(C)C)cc1. The molecule has 0 fully saturated rings. The maximum atomic E-state index is 14.0. The number of rotatable bonds is 9. The van der Waals surface area contributed by atoms with Crippen LogP contribution in [-0.4, -0.2) is 33.6 Å². The topological polar surface area (TPSA) is 106 Å². The largest absolute Gasteiger partial charge is 0.448 e. The van der Waals surface area contributed by atoms with Gasteiger partial charge >= 0.3 is 0 Å². The van der Waals surface area contributed by atoms with Crippen molar-refractivity contribution in [3.05, 3.63) is 112 Å². The summed E-state index contributed by atoms with van der Waals surface area (Å²) in [5.74, 6) is 0.150. The summed E-state index contributed by atoms with van der Waals surface area (Å²) in [4.78, 5) is 33.1. The van der Waals surface area contributed by atoms with Gasteiger partial charge in [-0.2, -0.15) is 0 Å². The van der Waals surface area contributed by atoms with Crippen molar-refractivity contribution in [2.75, 3.05) is 13.1 Å². The monoisotopic (exact) mass is 523 g/mol. The predicted octanol–water partition coefficient (Wildman–Crippen LogP) is 4.80. The van der Waals surface area contributed by atoms with E-state index in [9.17, 15) is 9.59 Å². The zero-order valence-corrected chi connectivity index (χ0v) is 22.4. The Hall–Kier alpha value is -4.27. The lowest BCUT2D eigenvalue weighted by atomic mass is 10.0. The maximum absolute atomic E-state index is 14.0. The highest BCUT2D eigenvalue weighted by atomic mass is 16.3. The third-order valence-electron chi connectivity index (χ3n) is 6.81. The van der Waals surface area contributed by atoms with Gasteiger partial charge in [0, 0.05) is 24.0 Å². The Morgan fingerprint density at radius 2 is 1.72 bits per heavy atom. The van der Waals surface area contributed by atoms with Crippen LogP contribution in [0.5, 0.6) is 0 Å². The van der Waals surface area contributed by atoms with Crippen LogP contribution in [0.3, 0.4) is 0 Å². The van der Waals surface area contributed by atoms with E-state index in [4.69, 9.17) is 15.1 Å². The standard InChI is InChI=1S/C31H33N5O3/c1-20(2)27(36(33-18-17-32)30(37)23-15-13-21(3)14-16-23)29-34-26-24-11-7-8-12-25(24)39-28(26)31(38)35(29)19-22-9-5-4-6-10-22/h4-16,20,27,33H,17-19,32H2,1-3H3. The van der Waals surface area contributed by atoms with Gasteiger partial charge in [0.1, 0.15) is 23.0 Å². The average Bonchev–Trinajstić information content (AvgIpc) is 3.32. The summed E-state index contributed by atoms with van der Waals surface area (Å²) in [6.07, 6.45) is 0. The van der Waals surface area contributed by atoms with Crippen molar-refractivity contribution >= 4 is 28.0 Å². The van der Waals surface area contributed by atoms with Gasteiger partial charge in [-0.25, -0.2) is 10.4 Å². The summed E-state index contributed by atoms with van der Waals surface area (Å²) in [5.41, 5.74) is 12.6. The number of nitrogens with zero attached hydrogens (tertiary/aromatic N) is 3. The summed E-state index contributed by atoms with van der Waals surface area (Å²) in [6.45, 7) is 6.99. The highest BCUT2D eigenvalue weighted by molar-refractivity contribution is 6.02. The van der Waals surface area contributed by atoms with Gasteiger partial charge < -0.3 is 10.2 Å². The first-order valence-corrected chi connectivity index (χ1v) is 13.2. The fourth-order valence-electron chi connectivity index (χ4n) is 4.86. The molecule has 0 radical (unpaired) electrons. The van der Waals surface area contributed by atoms with Crippen LogP contribution >= 0.6 is 0 Å². The first-order chi connectivity index (χ1) is 18.9. The van der Waals surface area contributed by atoms with E-state index in [1.165, 1.54) is 0 Å². The van der Waals surface area contributed by atoms with Crippen molar-refractivity contribution in [3.8, 4) is 0 Å². The van der Waals surface area contributed by atoms with Crippen LogP contribution in [0.1, 0.15) is 47.2 Å². The van der Waals surface area contributed by atoms with E-state index in [1.807, 2.05) is 99.6 Å². The number of furan rings is 1. The Kier molecular flexibility index (Phi) is 7.58. The molecule has 1 atom stereocenters. The minimum atomic E-state index is -0.583. The molecule has 0 aliphatic carbocycles. The van der Waals surface area contributed by atoms with E-state index >= 15 is 0 Å². The molecule has 0 saturated carbocycles. The van der Waals surface area contributed by atoms with E-state index in [1.54, 1.807) is 9.58 Å². The summed E-state index contributed by atoms with van der Waals surface area (Å²) in [7, 11) is 0. The van der Waals surface area contributed by atoms with E-state index in [2.05, 4.69) is 5.43 Å². The number of nitrogens with two attached hydrogens (primary N) is 1. The lowest BCUT2D eigenvalue weighted by molar-refractivity contribution is 0.0442. The fourth-order valence-corrected chi connectivity index (χ4v) is 4.86. The van der Waals surface area contributed by atoms with Crippen molar-refractivity contribution in [2.45, 2.75) is 33.4 Å². The number of para-hydroxylation sites is 1. The summed E-state index contributed by atoms with van der Waals surface area (Å²) < 4.78 is 7.63. The van der Waals surface area contributed by atoms with Gasteiger partial charge in [0.25, 0.3) is 11.5 Å². The van der Waals surface area contributed by atoms with Gasteiger partial charge in [-0.05, 0) is 42.7 Å². The summed E-state index contributed by atoms with van der Waals surface area (Å²) in [5, 5.41) is 2.34. The number of nitrogens with one attached hydrogen (secondary N) is 1. The molecule has 3 N–H and O–H groups in total. The van der Waals surface area contributed by atoms with Crippen LogP contribution in [0.25, 0.3) is 22.1 Å². The Balaban J connectivity index is 1.74. The van der Waals surface area contributed by atoms with Gasteiger partial charge in [-0.1, -0.05) is 74.0 Å². The molecule has 1 amide bonds. The Morgan fingerprint density at radius 3 is 2.41 bits per heavy atom. The zero-order valence-electron chi connectivity index (χ0n) is 22.4. The molecule has 0 spiro atoms. The van der Waals surface area contributed by atoms with Crippen molar-refractivity contribution in [1.29, 1.82) is 0 Å². The van der Waals surface area contributed by atoms with E-state index < -0.39 is 6.04 Å². The third kappa shape index (κ3) is 5.21. The second-order valence-electron chi connectivity index (χ2n) is 10.0. The molecule has 200 valence electrons.